The first-order chi connectivity index (χ1) is 5.79. The van der Waals surface area contributed by atoms with Crippen LogP contribution >= 0.6 is 0 Å². The Morgan fingerprint density at radius 2 is 1.75 bits per heavy atom. The molecule has 0 N–H and O–H groups in total. The fourth-order valence-electron chi connectivity index (χ4n) is 1.37. The maximum Gasteiger partial charge on any atom is 0.0219 e. The monoisotopic (exact) mass is 165 g/mol. The number of aryl methyl sites for hydroxylation is 1. The van der Waals surface area contributed by atoms with Gasteiger partial charge in [-0.15, -0.1) is 0 Å². The molecule has 0 spiro atoms. The van der Waals surface area contributed by atoms with Crippen LogP contribution in [0, 0.1) is 5.92 Å². The Balaban J connectivity index is 2.04. The molecule has 0 aromatic carbocycles. The van der Waals surface area contributed by atoms with E-state index < -0.39 is 0 Å². The van der Waals surface area contributed by atoms with Gasteiger partial charge in [-0.05, 0) is 24.5 Å². The van der Waals surface area contributed by atoms with Gasteiger partial charge in [0.15, 0.2) is 0 Å². The van der Waals surface area contributed by atoms with Crippen LogP contribution < -0.4 is 0 Å². The molecule has 1 aromatic heterocycles. The quantitative estimate of drug-likeness (QED) is 0.590. The molecule has 1 rings (SSSR count). The highest BCUT2D eigenvalue weighted by atomic mass is 14.9. The van der Waals surface area contributed by atoms with E-state index in [2.05, 4.69) is 42.9 Å². The van der Waals surface area contributed by atoms with Crippen molar-refractivity contribution >= 4 is 0 Å². The molecule has 0 unspecified atom stereocenters. The van der Waals surface area contributed by atoms with Gasteiger partial charge in [0, 0.05) is 18.9 Å². The highest BCUT2D eigenvalue weighted by Gasteiger charge is 1.94. The van der Waals surface area contributed by atoms with E-state index in [4.69, 9.17) is 0 Å². The van der Waals surface area contributed by atoms with Crippen LogP contribution in [0.2, 0.25) is 0 Å². The predicted molar refractivity (Wildman–Crippen MR) is 53.1 cm³/mol. The molecule has 0 amide bonds. The summed E-state index contributed by atoms with van der Waals surface area (Å²) in [4.78, 5) is 0. The smallest absolute Gasteiger partial charge is 0.0219 e. The molecule has 68 valence electrons. The molecule has 0 aliphatic rings. The van der Waals surface area contributed by atoms with Gasteiger partial charge in [0.2, 0.25) is 0 Å². The van der Waals surface area contributed by atoms with Gasteiger partial charge < -0.3 is 4.57 Å². The molecule has 0 bridgehead atoms. The summed E-state index contributed by atoms with van der Waals surface area (Å²) in [5.74, 6) is 0.856. The van der Waals surface area contributed by atoms with Crippen LogP contribution in [0.4, 0.5) is 0 Å². The lowest BCUT2D eigenvalue weighted by atomic mass is 10.1. The number of nitrogens with zero attached hydrogens (tertiary/aromatic N) is 1. The Morgan fingerprint density at radius 1 is 1.08 bits per heavy atom. The SMILES string of the molecule is CC(C)CCCCn1cccc1. The second-order valence-electron chi connectivity index (χ2n) is 3.81. The van der Waals surface area contributed by atoms with Gasteiger partial charge >= 0.3 is 0 Å². The molecule has 1 nitrogen and oxygen atoms in total. The molecule has 12 heavy (non-hydrogen) atoms. The molecule has 0 aliphatic heterocycles. The fraction of sp³-hybridized carbons (Fsp3) is 0.636. The first-order valence-electron chi connectivity index (χ1n) is 4.90. The number of aromatic nitrogens is 1. The van der Waals surface area contributed by atoms with Gasteiger partial charge in [-0.2, -0.15) is 0 Å². The highest BCUT2D eigenvalue weighted by Crippen LogP contribution is 2.07. The average Bonchev–Trinajstić information content (AvgIpc) is 2.49. The molecule has 1 aromatic rings. The summed E-state index contributed by atoms with van der Waals surface area (Å²) in [6, 6.07) is 4.17. The summed E-state index contributed by atoms with van der Waals surface area (Å²) in [6.45, 7) is 5.76. The Morgan fingerprint density at radius 3 is 2.33 bits per heavy atom. The van der Waals surface area contributed by atoms with Crippen molar-refractivity contribution in [1.82, 2.24) is 4.57 Å². The third-order valence-corrected chi connectivity index (χ3v) is 2.11. The predicted octanol–water partition coefficient (Wildman–Crippen LogP) is 3.31. The Hall–Kier alpha value is -0.720. The van der Waals surface area contributed by atoms with Crippen molar-refractivity contribution in [1.29, 1.82) is 0 Å². The molecule has 0 atom stereocenters. The van der Waals surface area contributed by atoms with Crippen molar-refractivity contribution in [3.8, 4) is 0 Å². The number of hydrogen-bond acceptors (Lipinski definition) is 0. The molecule has 0 saturated carbocycles. The Kier molecular flexibility index (Phi) is 3.92. The molecule has 0 aliphatic carbocycles. The van der Waals surface area contributed by atoms with E-state index in [0.29, 0.717) is 0 Å². The van der Waals surface area contributed by atoms with E-state index in [0.717, 1.165) is 5.92 Å². The Bertz CT molecular complexity index is 187. The van der Waals surface area contributed by atoms with Crippen molar-refractivity contribution in [3.63, 3.8) is 0 Å². The first-order valence-corrected chi connectivity index (χ1v) is 4.90. The van der Waals surface area contributed by atoms with Gasteiger partial charge in [0.1, 0.15) is 0 Å². The average molecular weight is 165 g/mol. The summed E-state index contributed by atoms with van der Waals surface area (Å²) in [6.07, 6.45) is 8.30. The standard InChI is InChI=1S/C11H19N/c1-11(2)7-3-4-8-12-9-5-6-10-12/h5-6,9-11H,3-4,7-8H2,1-2H3. The van der Waals surface area contributed by atoms with Gasteiger partial charge in [0.05, 0.1) is 0 Å². The van der Waals surface area contributed by atoms with Gasteiger partial charge in [-0.1, -0.05) is 26.7 Å². The largest absolute Gasteiger partial charge is 0.354 e. The van der Waals surface area contributed by atoms with Gasteiger partial charge in [-0.25, -0.2) is 0 Å². The van der Waals surface area contributed by atoms with Crippen molar-refractivity contribution in [3.05, 3.63) is 24.5 Å². The van der Waals surface area contributed by atoms with Crippen LogP contribution in [0.15, 0.2) is 24.5 Å². The zero-order chi connectivity index (χ0) is 8.81. The normalized spacial score (nSPS) is 10.9. The van der Waals surface area contributed by atoms with E-state index >= 15 is 0 Å². The molecule has 0 fully saturated rings. The maximum atomic E-state index is 2.29. The molecule has 0 saturated heterocycles. The molecular weight excluding hydrogens is 146 g/mol. The molecular formula is C11H19N. The van der Waals surface area contributed by atoms with E-state index in [1.807, 2.05) is 0 Å². The minimum Gasteiger partial charge on any atom is -0.354 e. The summed E-state index contributed by atoms with van der Waals surface area (Å²) in [5.41, 5.74) is 0. The van der Waals surface area contributed by atoms with Gasteiger partial charge in [-0.3, -0.25) is 0 Å². The van der Waals surface area contributed by atoms with E-state index in [-0.39, 0.29) is 0 Å². The van der Waals surface area contributed by atoms with Crippen LogP contribution in [0.1, 0.15) is 33.1 Å². The lowest BCUT2D eigenvalue weighted by Gasteiger charge is -2.04. The summed E-state index contributed by atoms with van der Waals surface area (Å²) < 4.78 is 2.25. The zero-order valence-electron chi connectivity index (χ0n) is 8.16. The van der Waals surface area contributed by atoms with E-state index in [1.165, 1.54) is 25.8 Å². The van der Waals surface area contributed by atoms with Crippen LogP contribution in [0.25, 0.3) is 0 Å². The van der Waals surface area contributed by atoms with Crippen LogP contribution in [0.5, 0.6) is 0 Å². The zero-order valence-corrected chi connectivity index (χ0v) is 8.16. The lowest BCUT2D eigenvalue weighted by Crippen LogP contribution is -1.95. The van der Waals surface area contributed by atoms with E-state index in [9.17, 15) is 0 Å². The van der Waals surface area contributed by atoms with Crippen LogP contribution in [-0.4, -0.2) is 4.57 Å². The second kappa shape index (κ2) is 5.02. The number of unbranched alkanes of at least 4 members (excludes halogenated alkanes) is 1. The summed E-state index contributed by atoms with van der Waals surface area (Å²) in [5, 5.41) is 0. The minimum absolute atomic E-state index is 0.856. The maximum absolute atomic E-state index is 2.29. The van der Waals surface area contributed by atoms with Crippen molar-refractivity contribution in [2.24, 2.45) is 5.92 Å². The van der Waals surface area contributed by atoms with Crippen LogP contribution in [-0.2, 0) is 6.54 Å². The third kappa shape index (κ3) is 3.61. The highest BCUT2D eigenvalue weighted by molar-refractivity contribution is 4.89. The minimum atomic E-state index is 0.856. The molecule has 0 radical (unpaired) electrons. The first kappa shape index (κ1) is 9.37. The summed E-state index contributed by atoms with van der Waals surface area (Å²) in [7, 11) is 0. The van der Waals surface area contributed by atoms with Crippen molar-refractivity contribution in [2.45, 2.75) is 39.7 Å². The van der Waals surface area contributed by atoms with Crippen LogP contribution in [0.3, 0.4) is 0 Å². The third-order valence-electron chi connectivity index (χ3n) is 2.11. The lowest BCUT2D eigenvalue weighted by molar-refractivity contribution is 0.510. The number of rotatable bonds is 5. The summed E-state index contributed by atoms with van der Waals surface area (Å²) >= 11 is 0. The topological polar surface area (TPSA) is 4.93 Å². The van der Waals surface area contributed by atoms with Crippen molar-refractivity contribution in [2.75, 3.05) is 0 Å². The number of hydrogen-bond donors (Lipinski definition) is 0. The molecule has 1 heterocycles. The second-order valence-corrected chi connectivity index (χ2v) is 3.81. The van der Waals surface area contributed by atoms with E-state index in [1.54, 1.807) is 0 Å². The molecule has 1 heteroatoms. The fourth-order valence-corrected chi connectivity index (χ4v) is 1.37. The Labute approximate surface area is 75.4 Å². The van der Waals surface area contributed by atoms with Crippen molar-refractivity contribution < 1.29 is 0 Å². The van der Waals surface area contributed by atoms with Gasteiger partial charge in [0.25, 0.3) is 0 Å².